The summed E-state index contributed by atoms with van der Waals surface area (Å²) in [5, 5.41) is 20.6. The van der Waals surface area contributed by atoms with E-state index < -0.39 is 0 Å². The van der Waals surface area contributed by atoms with Gasteiger partial charge in [-0.15, -0.1) is 0 Å². The van der Waals surface area contributed by atoms with Crippen molar-refractivity contribution < 1.29 is 10.0 Å². The second kappa shape index (κ2) is 4.90. The molecule has 1 atom stereocenters. The Bertz CT molecular complexity index is 579. The van der Waals surface area contributed by atoms with Crippen molar-refractivity contribution in [2.24, 2.45) is 0 Å². The van der Waals surface area contributed by atoms with Gasteiger partial charge in [0, 0.05) is 24.4 Å². The first-order chi connectivity index (χ1) is 9.61. The first-order valence-corrected chi connectivity index (χ1v) is 6.96. The summed E-state index contributed by atoms with van der Waals surface area (Å²) < 4.78 is 0. The van der Waals surface area contributed by atoms with Crippen LogP contribution in [0.3, 0.4) is 0 Å². The monoisotopic (exact) mass is 274 g/mol. The number of hydrogen-bond donors (Lipinski definition) is 1. The van der Waals surface area contributed by atoms with Gasteiger partial charge in [0.1, 0.15) is 0 Å². The number of nitro groups is 1. The Kier molecular flexibility index (Phi) is 3.22. The zero-order chi connectivity index (χ0) is 14.3. The Morgan fingerprint density at radius 1 is 1.50 bits per heavy atom. The molecule has 5 heteroatoms. The number of hydrogen-bond acceptors (Lipinski definition) is 4. The molecule has 106 valence electrons. The van der Waals surface area contributed by atoms with Gasteiger partial charge in [-0.05, 0) is 37.3 Å². The van der Waals surface area contributed by atoms with Gasteiger partial charge in [-0.2, -0.15) is 0 Å². The van der Waals surface area contributed by atoms with E-state index in [9.17, 15) is 15.2 Å². The van der Waals surface area contributed by atoms with Crippen molar-refractivity contribution in [1.29, 1.82) is 0 Å². The summed E-state index contributed by atoms with van der Waals surface area (Å²) in [7, 11) is 0. The van der Waals surface area contributed by atoms with Gasteiger partial charge in [-0.3, -0.25) is 10.1 Å². The van der Waals surface area contributed by atoms with Gasteiger partial charge in [-0.25, -0.2) is 0 Å². The van der Waals surface area contributed by atoms with Crippen LogP contribution in [0.1, 0.15) is 42.4 Å². The molecule has 0 bridgehead atoms. The number of rotatable bonds is 4. The Morgan fingerprint density at radius 2 is 2.25 bits per heavy atom. The Labute approximate surface area is 117 Å². The molecule has 2 aliphatic rings. The molecule has 1 aromatic carbocycles. The van der Waals surface area contributed by atoms with Crippen molar-refractivity contribution >= 4 is 11.8 Å². The highest BCUT2D eigenvalue weighted by Crippen LogP contribution is 2.46. The SMILES string of the molecule is C[C@H](CO)N1C=Cc2c(ccc(C3CC3)c2[N+](=O)[O-])C1. The molecule has 0 radical (unpaired) electrons. The van der Waals surface area contributed by atoms with Gasteiger partial charge in [0.15, 0.2) is 0 Å². The number of fused-ring (bicyclic) bond motifs is 1. The molecule has 20 heavy (non-hydrogen) atoms. The molecule has 1 heterocycles. The largest absolute Gasteiger partial charge is 0.394 e. The minimum Gasteiger partial charge on any atom is -0.394 e. The summed E-state index contributed by atoms with van der Waals surface area (Å²) in [6.45, 7) is 2.61. The van der Waals surface area contributed by atoms with Crippen LogP contribution in [0.2, 0.25) is 0 Å². The number of nitro benzene ring substituents is 1. The fraction of sp³-hybridized carbons (Fsp3) is 0.467. The molecule has 1 fully saturated rings. The molecule has 0 saturated heterocycles. The summed E-state index contributed by atoms with van der Waals surface area (Å²) in [4.78, 5) is 13.2. The average Bonchev–Trinajstić information content (AvgIpc) is 3.28. The van der Waals surface area contributed by atoms with Crippen LogP contribution in [0.15, 0.2) is 18.3 Å². The lowest BCUT2D eigenvalue weighted by atomic mass is 9.95. The molecular formula is C15H18N2O3. The van der Waals surface area contributed by atoms with E-state index in [1.54, 1.807) is 0 Å². The van der Waals surface area contributed by atoms with E-state index in [4.69, 9.17) is 0 Å². The first kappa shape index (κ1) is 13.1. The molecule has 0 aromatic heterocycles. The summed E-state index contributed by atoms with van der Waals surface area (Å²) >= 11 is 0. The van der Waals surface area contributed by atoms with E-state index >= 15 is 0 Å². The summed E-state index contributed by atoms with van der Waals surface area (Å²) in [6.07, 6.45) is 5.77. The maximum Gasteiger partial charge on any atom is 0.280 e. The van der Waals surface area contributed by atoms with Gasteiger partial charge in [0.2, 0.25) is 0 Å². The predicted molar refractivity (Wildman–Crippen MR) is 76.2 cm³/mol. The second-order valence-corrected chi connectivity index (χ2v) is 5.63. The van der Waals surface area contributed by atoms with Crippen molar-refractivity contribution in [3.63, 3.8) is 0 Å². The molecule has 0 amide bonds. The smallest absolute Gasteiger partial charge is 0.280 e. The van der Waals surface area contributed by atoms with Crippen LogP contribution in [-0.4, -0.2) is 27.6 Å². The fourth-order valence-electron chi connectivity index (χ4n) is 2.75. The van der Waals surface area contributed by atoms with Crippen LogP contribution < -0.4 is 0 Å². The molecule has 1 N–H and O–H groups in total. The maximum absolute atomic E-state index is 11.4. The molecule has 0 unspecified atom stereocenters. The summed E-state index contributed by atoms with van der Waals surface area (Å²) in [5.74, 6) is 0.364. The second-order valence-electron chi connectivity index (χ2n) is 5.63. The van der Waals surface area contributed by atoms with Crippen LogP contribution in [0.4, 0.5) is 5.69 Å². The third-order valence-corrected chi connectivity index (χ3v) is 4.15. The minimum absolute atomic E-state index is 0.0153. The van der Waals surface area contributed by atoms with Crippen LogP contribution >= 0.6 is 0 Å². The molecule has 1 saturated carbocycles. The van der Waals surface area contributed by atoms with E-state index in [1.807, 2.05) is 36.2 Å². The van der Waals surface area contributed by atoms with Crippen molar-refractivity contribution in [2.45, 2.75) is 38.3 Å². The third-order valence-electron chi connectivity index (χ3n) is 4.15. The van der Waals surface area contributed by atoms with Crippen molar-refractivity contribution in [1.82, 2.24) is 4.90 Å². The van der Waals surface area contributed by atoms with Gasteiger partial charge >= 0.3 is 0 Å². The van der Waals surface area contributed by atoms with Crippen LogP contribution in [0, 0.1) is 10.1 Å². The van der Waals surface area contributed by atoms with E-state index in [0.717, 1.165) is 29.5 Å². The van der Waals surface area contributed by atoms with Gasteiger partial charge in [0.05, 0.1) is 17.1 Å². The van der Waals surface area contributed by atoms with Gasteiger partial charge in [-0.1, -0.05) is 12.1 Å². The molecule has 1 aromatic rings. The summed E-state index contributed by atoms with van der Waals surface area (Å²) in [5.41, 5.74) is 2.85. The number of aliphatic hydroxyl groups is 1. The van der Waals surface area contributed by atoms with Crippen molar-refractivity contribution in [3.8, 4) is 0 Å². The van der Waals surface area contributed by atoms with Crippen LogP contribution in [0.5, 0.6) is 0 Å². The topological polar surface area (TPSA) is 66.6 Å². The normalized spacial score (nSPS) is 18.8. The quantitative estimate of drug-likeness (QED) is 0.677. The highest BCUT2D eigenvalue weighted by atomic mass is 16.6. The van der Waals surface area contributed by atoms with Crippen LogP contribution in [0.25, 0.3) is 6.08 Å². The highest BCUT2D eigenvalue weighted by molar-refractivity contribution is 5.69. The van der Waals surface area contributed by atoms with Crippen LogP contribution in [-0.2, 0) is 6.54 Å². The average molecular weight is 274 g/mol. The van der Waals surface area contributed by atoms with E-state index in [1.165, 1.54) is 0 Å². The maximum atomic E-state index is 11.4. The Morgan fingerprint density at radius 3 is 2.85 bits per heavy atom. The number of aliphatic hydroxyl groups excluding tert-OH is 1. The lowest BCUT2D eigenvalue weighted by Gasteiger charge is -2.30. The van der Waals surface area contributed by atoms with Gasteiger partial charge in [0.25, 0.3) is 5.69 Å². The lowest BCUT2D eigenvalue weighted by Crippen LogP contribution is -2.32. The molecular weight excluding hydrogens is 256 g/mol. The highest BCUT2D eigenvalue weighted by Gasteiger charge is 2.34. The molecule has 1 aliphatic carbocycles. The number of nitrogens with zero attached hydrogens (tertiary/aromatic N) is 2. The molecule has 3 rings (SSSR count). The van der Waals surface area contributed by atoms with Gasteiger partial charge < -0.3 is 10.0 Å². The lowest BCUT2D eigenvalue weighted by molar-refractivity contribution is -0.385. The third kappa shape index (κ3) is 2.18. The Hall–Kier alpha value is -1.88. The summed E-state index contributed by atoms with van der Waals surface area (Å²) in [6, 6.07) is 3.92. The fourth-order valence-corrected chi connectivity index (χ4v) is 2.75. The molecule has 1 aliphatic heterocycles. The number of benzene rings is 1. The molecule has 5 nitrogen and oxygen atoms in total. The standard InChI is InChI=1S/C15H18N2O3/c1-10(9-18)16-7-6-14-12(8-16)4-5-13(11-2-3-11)15(14)17(19)20/h4-7,10-11,18H,2-3,8-9H2,1H3/t10-/m1/s1. The minimum atomic E-state index is -0.248. The molecule has 0 spiro atoms. The van der Waals surface area contributed by atoms with Crippen molar-refractivity contribution in [2.75, 3.05) is 6.61 Å². The van der Waals surface area contributed by atoms with E-state index in [0.29, 0.717) is 12.5 Å². The zero-order valence-corrected chi connectivity index (χ0v) is 11.5. The van der Waals surface area contributed by atoms with E-state index in [-0.39, 0.29) is 23.3 Å². The predicted octanol–water partition coefficient (Wildman–Crippen LogP) is 2.64. The Balaban J connectivity index is 2.02. The zero-order valence-electron chi connectivity index (χ0n) is 11.5. The van der Waals surface area contributed by atoms with Crippen molar-refractivity contribution in [3.05, 3.63) is 45.1 Å². The van der Waals surface area contributed by atoms with E-state index in [2.05, 4.69) is 0 Å². The first-order valence-electron chi connectivity index (χ1n) is 6.96.